The van der Waals surface area contributed by atoms with Gasteiger partial charge >= 0.3 is 6.85 Å². The van der Waals surface area contributed by atoms with Crippen LogP contribution in [0.5, 0.6) is 0 Å². The number of benzene rings is 8. The quantitative estimate of drug-likeness (QED) is 0.122. The molecule has 3 aliphatic rings. The first-order valence-corrected chi connectivity index (χ1v) is 21.3. The van der Waals surface area contributed by atoms with E-state index in [1.807, 2.05) is 0 Å². The molecule has 0 fully saturated rings. The second-order valence-electron chi connectivity index (χ2n) is 21.1. The van der Waals surface area contributed by atoms with E-state index in [4.69, 9.17) is 0 Å². The lowest BCUT2D eigenvalue weighted by atomic mass is 9.41. The van der Waals surface area contributed by atoms with Crippen LogP contribution in [0.15, 0.2) is 121 Å². The van der Waals surface area contributed by atoms with Crippen LogP contribution in [0.2, 0.25) is 0 Å². The van der Waals surface area contributed by atoms with E-state index in [0.717, 1.165) is 0 Å². The Bertz CT molecular complexity index is 3020. The molecule has 2 nitrogen and oxygen atoms in total. The molecular weight excluding hydrogens is 699 g/mol. The highest BCUT2D eigenvalue weighted by molar-refractivity contribution is 6.94. The smallest absolute Gasteiger partial charge is 0.333 e. The molecule has 286 valence electrons. The number of fused-ring (bicyclic) bond motifs is 8. The molecule has 8 aromatic carbocycles. The van der Waals surface area contributed by atoms with Gasteiger partial charge in [0, 0.05) is 44.5 Å². The fourth-order valence-corrected chi connectivity index (χ4v) is 10.8. The van der Waals surface area contributed by atoms with E-state index in [1.54, 1.807) is 0 Å². The van der Waals surface area contributed by atoms with Crippen molar-refractivity contribution in [3.8, 4) is 11.1 Å². The van der Waals surface area contributed by atoms with Gasteiger partial charge in [-0.25, -0.2) is 0 Å². The second-order valence-corrected chi connectivity index (χ2v) is 21.1. The minimum Gasteiger partial charge on any atom is -0.376 e. The number of hydrogen-bond acceptors (Lipinski definition) is 2. The van der Waals surface area contributed by atoms with Crippen molar-refractivity contribution in [3.63, 3.8) is 0 Å². The predicted octanol–water partition coefficient (Wildman–Crippen LogP) is 13.8. The molecule has 8 aromatic rings. The van der Waals surface area contributed by atoms with Gasteiger partial charge in [-0.3, -0.25) is 0 Å². The first kappa shape index (κ1) is 35.6. The number of anilines is 5. The van der Waals surface area contributed by atoms with E-state index >= 15 is 0 Å². The zero-order valence-corrected chi connectivity index (χ0v) is 36.0. The normalized spacial score (nSPS) is 15.5. The zero-order chi connectivity index (χ0) is 40.4. The second kappa shape index (κ2) is 11.3. The maximum atomic E-state index is 2.75. The van der Waals surface area contributed by atoms with Crippen molar-refractivity contribution in [2.45, 2.75) is 97.8 Å². The molecule has 3 heteroatoms. The van der Waals surface area contributed by atoms with Crippen LogP contribution in [0.3, 0.4) is 0 Å². The summed E-state index contributed by atoms with van der Waals surface area (Å²) in [6, 6.07) is 47.8. The lowest BCUT2D eigenvalue weighted by molar-refractivity contribution is 0.590. The fraction of sp³-hybridized carbons (Fsp3) is 0.273. The monoisotopic (exact) mass is 752 g/mol. The SMILES string of the molecule is CC(C)(C)c1ccc(N2c3ccc(C(C)(C)C)cc3B3c4c(c5ccc6cc(C(C)(C)C)cc7ccc(c42)c5c67)-c2cccc4c2N3c2ccccc2C4(C)C)cc1. The van der Waals surface area contributed by atoms with Crippen molar-refractivity contribution in [3.05, 3.63) is 149 Å². The lowest BCUT2D eigenvalue weighted by Gasteiger charge is -2.51. The van der Waals surface area contributed by atoms with Gasteiger partial charge in [0.25, 0.3) is 0 Å². The van der Waals surface area contributed by atoms with Crippen molar-refractivity contribution >= 4 is 78.5 Å². The van der Waals surface area contributed by atoms with Crippen molar-refractivity contribution in [1.29, 1.82) is 0 Å². The highest BCUT2D eigenvalue weighted by atomic mass is 15.2. The van der Waals surface area contributed by atoms with Crippen molar-refractivity contribution in [2.24, 2.45) is 0 Å². The highest BCUT2D eigenvalue weighted by Crippen LogP contribution is 2.58. The zero-order valence-electron chi connectivity index (χ0n) is 36.0. The van der Waals surface area contributed by atoms with Crippen LogP contribution in [0.1, 0.15) is 104 Å². The van der Waals surface area contributed by atoms with E-state index in [2.05, 4.69) is 207 Å². The van der Waals surface area contributed by atoms with Gasteiger partial charge in [0.15, 0.2) is 0 Å². The lowest BCUT2D eigenvalue weighted by Crippen LogP contribution is -2.63. The third kappa shape index (κ3) is 4.68. The molecule has 0 aliphatic carbocycles. The van der Waals surface area contributed by atoms with Crippen LogP contribution in [0.4, 0.5) is 28.4 Å². The van der Waals surface area contributed by atoms with Gasteiger partial charge in [-0.2, -0.15) is 0 Å². The molecule has 0 atom stereocenters. The molecule has 58 heavy (non-hydrogen) atoms. The Balaban J connectivity index is 1.36. The molecule has 0 N–H and O–H groups in total. The Morgan fingerprint density at radius 1 is 0.500 bits per heavy atom. The average molecular weight is 753 g/mol. The maximum absolute atomic E-state index is 2.75. The molecule has 0 unspecified atom stereocenters. The third-order valence-corrected chi connectivity index (χ3v) is 14.0. The van der Waals surface area contributed by atoms with Crippen LogP contribution in [0.25, 0.3) is 43.4 Å². The molecule has 0 amide bonds. The molecule has 0 spiro atoms. The first-order chi connectivity index (χ1) is 27.4. The van der Waals surface area contributed by atoms with Gasteiger partial charge in [-0.1, -0.05) is 173 Å². The minimum absolute atomic E-state index is 0.0177. The van der Waals surface area contributed by atoms with Crippen LogP contribution in [-0.2, 0) is 21.7 Å². The van der Waals surface area contributed by atoms with Gasteiger partial charge in [0.2, 0.25) is 0 Å². The number of nitrogens with zero attached hydrogens (tertiary/aromatic N) is 2. The Labute approximate surface area is 345 Å². The number of rotatable bonds is 1. The molecule has 0 bridgehead atoms. The summed E-state index contributed by atoms with van der Waals surface area (Å²) in [5, 5.41) is 8.04. The summed E-state index contributed by atoms with van der Waals surface area (Å²) in [6.45, 7) is 25.8. The Hall–Kier alpha value is -5.54. The van der Waals surface area contributed by atoms with Crippen molar-refractivity contribution in [1.82, 2.24) is 0 Å². The van der Waals surface area contributed by atoms with Gasteiger partial charge < -0.3 is 9.71 Å². The van der Waals surface area contributed by atoms with E-state index < -0.39 is 0 Å². The largest absolute Gasteiger partial charge is 0.376 e. The topological polar surface area (TPSA) is 6.48 Å². The average Bonchev–Trinajstić information content (AvgIpc) is 3.18. The van der Waals surface area contributed by atoms with E-state index in [1.165, 1.54) is 111 Å². The Morgan fingerprint density at radius 3 is 1.79 bits per heavy atom. The van der Waals surface area contributed by atoms with Gasteiger partial charge in [0.1, 0.15) is 0 Å². The van der Waals surface area contributed by atoms with E-state index in [0.29, 0.717) is 0 Å². The summed E-state index contributed by atoms with van der Waals surface area (Å²) in [5.41, 5.74) is 18.7. The van der Waals surface area contributed by atoms with Gasteiger partial charge in [-0.05, 0) is 106 Å². The highest BCUT2D eigenvalue weighted by Gasteiger charge is 2.51. The summed E-state index contributed by atoms with van der Waals surface area (Å²) in [5.74, 6) is 0. The predicted molar refractivity (Wildman–Crippen MR) is 252 cm³/mol. The first-order valence-electron chi connectivity index (χ1n) is 21.3. The van der Waals surface area contributed by atoms with E-state index in [-0.39, 0.29) is 28.5 Å². The summed E-state index contributed by atoms with van der Waals surface area (Å²) in [7, 11) is 0. The summed E-state index contributed by atoms with van der Waals surface area (Å²) >= 11 is 0. The van der Waals surface area contributed by atoms with Gasteiger partial charge in [-0.15, -0.1) is 0 Å². The molecule has 0 saturated heterocycles. The molecule has 0 aromatic heterocycles. The van der Waals surface area contributed by atoms with Crippen molar-refractivity contribution < 1.29 is 0 Å². The number of para-hydroxylation sites is 2. The minimum atomic E-state index is -0.169. The maximum Gasteiger partial charge on any atom is 0.333 e. The molecule has 0 saturated carbocycles. The fourth-order valence-electron chi connectivity index (χ4n) is 10.8. The standard InChI is InChI=1S/C55H53BN2/c1-52(2,3)34-21-24-37(25-22-34)57-45-28-23-35(53(4,5)6)31-43(45)56-49-48(39-15-14-17-42-50(39)58(56)44-18-13-12-16-41(44)55(42,10)11)38-26-19-32-29-36(54(7,8)9)30-33-20-27-40(51(49)57)47(38)46(32)33/h12-31H,1-11H3. The van der Waals surface area contributed by atoms with Crippen molar-refractivity contribution in [2.75, 3.05) is 9.71 Å². The van der Waals surface area contributed by atoms with Crippen LogP contribution >= 0.6 is 0 Å². The molecule has 0 radical (unpaired) electrons. The Morgan fingerprint density at radius 2 is 1.12 bits per heavy atom. The Kier molecular flexibility index (Phi) is 6.97. The summed E-state index contributed by atoms with van der Waals surface area (Å²) < 4.78 is 0. The third-order valence-electron chi connectivity index (χ3n) is 14.0. The molecule has 3 heterocycles. The van der Waals surface area contributed by atoms with Gasteiger partial charge in [0.05, 0.1) is 5.69 Å². The summed E-state index contributed by atoms with van der Waals surface area (Å²) in [6.07, 6.45) is 0. The summed E-state index contributed by atoms with van der Waals surface area (Å²) in [4.78, 5) is 5.38. The molecule has 11 rings (SSSR count). The van der Waals surface area contributed by atoms with E-state index in [9.17, 15) is 0 Å². The van der Waals surface area contributed by atoms with Crippen LogP contribution in [0, 0.1) is 0 Å². The number of hydrogen-bond donors (Lipinski definition) is 0. The van der Waals surface area contributed by atoms with Crippen LogP contribution < -0.4 is 20.6 Å². The molecular formula is C55H53BN2. The molecule has 3 aliphatic heterocycles. The van der Waals surface area contributed by atoms with Crippen LogP contribution in [-0.4, -0.2) is 6.85 Å².